The van der Waals surface area contributed by atoms with Crippen LogP contribution in [0.15, 0.2) is 50.2 Å². The van der Waals surface area contributed by atoms with Crippen molar-refractivity contribution in [3.05, 3.63) is 45.3 Å². The summed E-state index contributed by atoms with van der Waals surface area (Å²) in [5.74, 6) is 0.673. The van der Waals surface area contributed by atoms with Gasteiger partial charge in [-0.25, -0.2) is 4.79 Å². The first-order valence-electron chi connectivity index (χ1n) is 9.41. The lowest BCUT2D eigenvalue weighted by Gasteiger charge is -2.18. The molecule has 0 atom stereocenters. The summed E-state index contributed by atoms with van der Waals surface area (Å²) in [4.78, 5) is 16.0. The number of methoxy groups -OCH3 is 1. The standard InChI is InChI=1S/C20H22Br2N2O5S/c1-3-4-9-23-10-11-24(20(23)25)14-5-7-16(8-6-14)30(26,27)29-15-12-17(21)19(28-2)18(22)13-15/h5-8,12-13H,3-4,9-11H2,1-2H3. The summed E-state index contributed by atoms with van der Waals surface area (Å²) in [6.45, 7) is 4.07. The third-order valence-corrected chi connectivity index (χ3v) is 7.13. The van der Waals surface area contributed by atoms with Crippen molar-refractivity contribution in [3.8, 4) is 11.5 Å². The van der Waals surface area contributed by atoms with Gasteiger partial charge in [0.15, 0.2) is 0 Å². The molecule has 0 unspecified atom stereocenters. The number of ether oxygens (including phenoxy) is 1. The molecule has 0 N–H and O–H groups in total. The smallest absolute Gasteiger partial charge is 0.339 e. The molecule has 0 bridgehead atoms. The Balaban J connectivity index is 1.75. The van der Waals surface area contributed by atoms with Gasteiger partial charge in [0.05, 0.1) is 16.1 Å². The molecule has 0 spiro atoms. The van der Waals surface area contributed by atoms with E-state index in [1.807, 2.05) is 4.90 Å². The average Bonchev–Trinajstić information content (AvgIpc) is 3.06. The molecule has 7 nitrogen and oxygen atoms in total. The number of carbonyl (C=O) groups is 1. The van der Waals surface area contributed by atoms with Gasteiger partial charge in [0.1, 0.15) is 16.4 Å². The molecule has 1 aliphatic rings. The first kappa shape index (κ1) is 22.9. The Morgan fingerprint density at radius 3 is 2.27 bits per heavy atom. The maximum Gasteiger partial charge on any atom is 0.339 e. The summed E-state index contributed by atoms with van der Waals surface area (Å²) in [6.07, 6.45) is 1.99. The predicted molar refractivity (Wildman–Crippen MR) is 122 cm³/mol. The number of rotatable bonds is 8. The first-order chi connectivity index (χ1) is 14.3. The Hall–Kier alpha value is -1.78. The molecule has 0 aromatic heterocycles. The lowest BCUT2D eigenvalue weighted by Crippen LogP contribution is -2.32. The number of nitrogens with zero attached hydrogens (tertiary/aromatic N) is 2. The molecule has 0 radical (unpaired) electrons. The van der Waals surface area contributed by atoms with Crippen molar-refractivity contribution >= 4 is 53.7 Å². The van der Waals surface area contributed by atoms with Gasteiger partial charge in [0, 0.05) is 25.3 Å². The monoisotopic (exact) mass is 560 g/mol. The Kier molecular flexibility index (Phi) is 7.30. The number of carbonyl (C=O) groups excluding carboxylic acids is 1. The van der Waals surface area contributed by atoms with Crippen molar-refractivity contribution in [3.63, 3.8) is 0 Å². The molecule has 1 saturated heterocycles. The molecular formula is C20H22Br2N2O5S. The molecule has 2 amide bonds. The SMILES string of the molecule is CCCCN1CCN(c2ccc(S(=O)(=O)Oc3cc(Br)c(OC)c(Br)c3)cc2)C1=O. The Morgan fingerprint density at radius 1 is 1.07 bits per heavy atom. The molecule has 1 aliphatic heterocycles. The van der Waals surface area contributed by atoms with Crippen LogP contribution in [0, 0.1) is 0 Å². The van der Waals surface area contributed by atoms with Crippen LogP contribution in [-0.2, 0) is 10.1 Å². The zero-order chi connectivity index (χ0) is 21.9. The summed E-state index contributed by atoms with van der Waals surface area (Å²) in [7, 11) is -2.53. The Bertz CT molecular complexity index is 1000. The second-order valence-corrected chi connectivity index (χ2v) is 9.98. The highest BCUT2D eigenvalue weighted by atomic mass is 79.9. The number of anilines is 1. The van der Waals surface area contributed by atoms with Crippen LogP contribution in [0.2, 0.25) is 0 Å². The Morgan fingerprint density at radius 2 is 1.70 bits per heavy atom. The molecule has 0 saturated carbocycles. The van der Waals surface area contributed by atoms with E-state index in [9.17, 15) is 13.2 Å². The molecular weight excluding hydrogens is 540 g/mol. The van der Waals surface area contributed by atoms with Gasteiger partial charge in [-0.3, -0.25) is 4.90 Å². The van der Waals surface area contributed by atoms with Gasteiger partial charge in [-0.1, -0.05) is 13.3 Å². The quantitative estimate of drug-likeness (QED) is 0.422. The average molecular weight is 562 g/mol. The van der Waals surface area contributed by atoms with Crippen LogP contribution < -0.4 is 13.8 Å². The molecule has 10 heteroatoms. The van der Waals surface area contributed by atoms with E-state index in [0.717, 1.165) is 19.4 Å². The van der Waals surface area contributed by atoms with E-state index in [-0.39, 0.29) is 16.7 Å². The second kappa shape index (κ2) is 9.57. The molecule has 1 heterocycles. The van der Waals surface area contributed by atoms with Crippen molar-refractivity contribution in [2.45, 2.75) is 24.7 Å². The predicted octanol–water partition coefficient (Wildman–Crippen LogP) is 5.03. The topological polar surface area (TPSA) is 76.2 Å². The fourth-order valence-electron chi connectivity index (χ4n) is 3.13. The van der Waals surface area contributed by atoms with Crippen molar-refractivity contribution in [2.24, 2.45) is 0 Å². The molecule has 0 aliphatic carbocycles. The van der Waals surface area contributed by atoms with Crippen LogP contribution in [-0.4, -0.2) is 46.1 Å². The van der Waals surface area contributed by atoms with E-state index in [1.54, 1.807) is 17.0 Å². The zero-order valence-electron chi connectivity index (χ0n) is 16.6. The maximum atomic E-state index is 12.7. The minimum atomic E-state index is -4.04. The van der Waals surface area contributed by atoms with Crippen LogP contribution in [0.1, 0.15) is 19.8 Å². The maximum absolute atomic E-state index is 12.7. The molecule has 1 fully saturated rings. The van der Waals surface area contributed by atoms with Crippen molar-refractivity contribution in [1.29, 1.82) is 0 Å². The third kappa shape index (κ3) is 4.92. The highest BCUT2D eigenvalue weighted by Gasteiger charge is 2.29. The molecule has 2 aromatic rings. The number of unbranched alkanes of at least 4 members (excludes halogenated alkanes) is 1. The fourth-order valence-corrected chi connectivity index (χ4v) is 5.51. The first-order valence-corrected chi connectivity index (χ1v) is 12.4. The van der Waals surface area contributed by atoms with Crippen LogP contribution >= 0.6 is 31.9 Å². The number of hydrogen-bond acceptors (Lipinski definition) is 5. The lowest BCUT2D eigenvalue weighted by atomic mass is 10.3. The van der Waals surface area contributed by atoms with E-state index in [1.165, 1.54) is 31.4 Å². The van der Waals surface area contributed by atoms with Gasteiger partial charge < -0.3 is 13.8 Å². The highest BCUT2D eigenvalue weighted by molar-refractivity contribution is 9.11. The van der Waals surface area contributed by atoms with Gasteiger partial charge in [0.2, 0.25) is 0 Å². The minimum absolute atomic E-state index is 0.00352. The van der Waals surface area contributed by atoms with E-state index >= 15 is 0 Å². The number of amides is 2. The zero-order valence-corrected chi connectivity index (χ0v) is 20.6. The summed E-state index contributed by atoms with van der Waals surface area (Å²) >= 11 is 6.65. The minimum Gasteiger partial charge on any atom is -0.494 e. The lowest BCUT2D eigenvalue weighted by molar-refractivity contribution is 0.220. The summed E-state index contributed by atoms with van der Waals surface area (Å²) in [6, 6.07) is 9.12. The summed E-state index contributed by atoms with van der Waals surface area (Å²) in [5.41, 5.74) is 0.660. The van der Waals surface area contributed by atoms with Gasteiger partial charge in [-0.15, -0.1) is 0 Å². The van der Waals surface area contributed by atoms with E-state index in [2.05, 4.69) is 38.8 Å². The van der Waals surface area contributed by atoms with Crippen molar-refractivity contribution < 1.29 is 22.1 Å². The van der Waals surface area contributed by atoms with Crippen LogP contribution in [0.5, 0.6) is 11.5 Å². The summed E-state index contributed by atoms with van der Waals surface area (Å²) in [5, 5.41) is 0. The van der Waals surface area contributed by atoms with E-state index in [4.69, 9.17) is 8.92 Å². The highest BCUT2D eigenvalue weighted by Crippen LogP contribution is 2.38. The summed E-state index contributed by atoms with van der Waals surface area (Å²) < 4.78 is 36.9. The molecule has 30 heavy (non-hydrogen) atoms. The van der Waals surface area contributed by atoms with E-state index < -0.39 is 10.1 Å². The molecule has 2 aromatic carbocycles. The van der Waals surface area contributed by atoms with Crippen molar-refractivity contribution in [2.75, 3.05) is 31.6 Å². The second-order valence-electron chi connectivity index (χ2n) is 6.73. The Labute approximate surface area is 193 Å². The van der Waals surface area contributed by atoms with E-state index in [0.29, 0.717) is 33.5 Å². The van der Waals surface area contributed by atoms with Crippen LogP contribution in [0.25, 0.3) is 0 Å². The normalized spacial score (nSPS) is 14.3. The van der Waals surface area contributed by atoms with Gasteiger partial charge >= 0.3 is 16.1 Å². The number of urea groups is 1. The fraction of sp³-hybridized carbons (Fsp3) is 0.350. The van der Waals surface area contributed by atoms with Gasteiger partial charge in [-0.05, 0) is 74.7 Å². The number of benzene rings is 2. The number of halogens is 2. The van der Waals surface area contributed by atoms with Gasteiger partial charge in [0.25, 0.3) is 0 Å². The number of hydrogen-bond donors (Lipinski definition) is 0. The van der Waals surface area contributed by atoms with Gasteiger partial charge in [-0.2, -0.15) is 8.42 Å². The van der Waals surface area contributed by atoms with Crippen LogP contribution in [0.4, 0.5) is 10.5 Å². The molecule has 162 valence electrons. The third-order valence-electron chi connectivity index (χ3n) is 4.70. The largest absolute Gasteiger partial charge is 0.494 e. The van der Waals surface area contributed by atoms with Crippen LogP contribution in [0.3, 0.4) is 0 Å². The molecule has 3 rings (SSSR count). The van der Waals surface area contributed by atoms with Crippen molar-refractivity contribution in [1.82, 2.24) is 4.90 Å².